The zero-order valence-electron chi connectivity index (χ0n) is 88.2. The third kappa shape index (κ3) is 32.9. The fourth-order valence-electron chi connectivity index (χ4n) is 25.8. The van der Waals surface area contributed by atoms with Gasteiger partial charge in [-0.1, -0.05) is 217 Å². The molecular formula is C122H200N12+2. The fourth-order valence-corrected chi connectivity index (χ4v) is 25.8. The van der Waals surface area contributed by atoms with Crippen LogP contribution in [0.4, 0.5) is 0 Å². The molecular weight excluding hydrogens is 1630 g/mol. The van der Waals surface area contributed by atoms with E-state index < -0.39 is 0 Å². The average Bonchev–Trinajstić information content (AvgIpc) is 1.59. The van der Waals surface area contributed by atoms with Gasteiger partial charge in [0.2, 0.25) is 0 Å². The molecule has 15 rings (SSSR count). The van der Waals surface area contributed by atoms with Crippen molar-refractivity contribution < 1.29 is 8.97 Å². The van der Waals surface area contributed by atoms with E-state index in [1.165, 1.54) is 574 Å². The van der Waals surface area contributed by atoms with Crippen molar-refractivity contribution in [3.8, 4) is 22.3 Å². The van der Waals surface area contributed by atoms with Crippen molar-refractivity contribution in [2.24, 2.45) is 0 Å². The van der Waals surface area contributed by atoms with Crippen LogP contribution in [0.25, 0.3) is 66.6 Å². The molecule has 16 bridgehead atoms. The summed E-state index contributed by atoms with van der Waals surface area (Å²) in [6.07, 6.45) is 74.0. The lowest BCUT2D eigenvalue weighted by atomic mass is 9.92. The number of rotatable bonds is 14. The number of H-pyrrole nitrogens is 2. The predicted molar refractivity (Wildman–Crippen MR) is 582 cm³/mol. The van der Waals surface area contributed by atoms with Crippen molar-refractivity contribution in [2.75, 3.05) is 157 Å². The topological polar surface area (TPSA) is 76.8 Å². The molecule has 134 heavy (non-hydrogen) atoms. The third-order valence-corrected chi connectivity index (χ3v) is 33.9. The standard InChI is InChI=1S/C122H200N12/c1-9-61-109-101(5)119-117(107-69-65-105(66-70-107)99-133-91-55-31-25-49-85-127-73-37-13-14-38-74-128(86-50-26-32-56-92-133)76-40-17-18-42-78-129(77-41-16-15-39-75-127)87-51-27-33-57-93-133)120-103(7)111(63-11-3)115(125-120)98-116-112(64-12-4)104(8)122(126-116)118(121-102(6)110(62-10-2)114(124-121)97-113(109)123-119)108-71-67-106(68-72-108)100-134-94-58-34-28-52-88-130-79-43-19-20-44-80-131(89-53-29-35-59-95-134)82-46-23-24-48-84-132(83-47-22-21-45-81-130)90-54-30-36-60-96-134/h65-72,97-98,123,125H,9-64,73-96,99-100H2,1-8H3/q+2. The summed E-state index contributed by atoms with van der Waals surface area (Å²) in [5, 5.41) is 0. The molecule has 12 heteroatoms. The van der Waals surface area contributed by atoms with E-state index in [-0.39, 0.29) is 0 Å². The van der Waals surface area contributed by atoms with Gasteiger partial charge in [-0.15, -0.1) is 0 Å². The first-order valence-electron chi connectivity index (χ1n) is 58.4. The van der Waals surface area contributed by atoms with E-state index in [0.717, 1.165) is 87.2 Å². The van der Waals surface area contributed by atoms with E-state index in [1.807, 2.05) is 0 Å². The quantitative estimate of drug-likeness (QED) is 0.107. The van der Waals surface area contributed by atoms with Gasteiger partial charge in [-0.05, 0) is 432 Å². The molecule has 0 atom stereocenters. The lowest BCUT2D eigenvalue weighted by molar-refractivity contribution is -0.941. The Hall–Kier alpha value is -5.28. The zero-order chi connectivity index (χ0) is 93.0. The SMILES string of the molecule is CCCC1=C(C)c2nc1cc1[nH]c(c(C)c1CCC)c(-c1ccc(C[N+]34CCCCCCN5CCCCCCN(CCCCCCN(CCCCCC5)CCCCCC3)CCCCCC4)cc1)c1[nH]c(cc3nc(c2-c2ccc(C[N+]45CCCCCCN6CCCCCCN(CCCCCCN(CCCCCC6)CCCCCC4)CCCCCC5)cc2)C(C)=C3CCC)c(CCC)c1C. The van der Waals surface area contributed by atoms with E-state index >= 15 is 0 Å². The van der Waals surface area contributed by atoms with Crippen LogP contribution in [0.3, 0.4) is 0 Å². The Morgan fingerprint density at radius 2 is 0.463 bits per heavy atom. The number of fused-ring (bicyclic) bond motifs is 68. The largest absolute Gasteiger partial charge is 0.354 e. The highest BCUT2D eigenvalue weighted by molar-refractivity contribution is 6.03. The summed E-state index contributed by atoms with van der Waals surface area (Å²) >= 11 is 0. The smallest absolute Gasteiger partial charge is 0.104 e. The molecule has 0 amide bonds. The number of allylic oxidation sites excluding steroid dienone is 4. The van der Waals surface area contributed by atoms with Crippen LogP contribution in [0.15, 0.2) is 60.7 Å². The molecule has 0 radical (unpaired) electrons. The van der Waals surface area contributed by atoms with Crippen LogP contribution >= 0.6 is 0 Å². The van der Waals surface area contributed by atoms with Crippen molar-refractivity contribution in [3.05, 3.63) is 117 Å². The van der Waals surface area contributed by atoms with Crippen LogP contribution in [0, 0.1) is 13.8 Å². The number of quaternary nitrogens is 2. The molecule has 8 saturated heterocycles. The Morgan fingerprint density at radius 3 is 0.679 bits per heavy atom. The highest BCUT2D eigenvalue weighted by atomic mass is 15.4. The first kappa shape index (κ1) is 106. The minimum atomic E-state index is 0.972. The number of hydrogen-bond donors (Lipinski definition) is 2. The molecule has 0 spiro atoms. The van der Waals surface area contributed by atoms with Crippen molar-refractivity contribution in [1.82, 2.24) is 49.3 Å². The molecule has 5 aromatic rings. The monoisotopic (exact) mass is 1830 g/mol. The van der Waals surface area contributed by atoms with Gasteiger partial charge >= 0.3 is 0 Å². The number of aromatic nitrogens is 4. The van der Waals surface area contributed by atoms with Gasteiger partial charge < -0.3 is 48.3 Å². The zero-order valence-corrected chi connectivity index (χ0v) is 88.2. The molecule has 2 N–H and O–H groups in total. The van der Waals surface area contributed by atoms with Gasteiger partial charge in [-0.2, -0.15) is 0 Å². The molecule has 12 nitrogen and oxygen atoms in total. The Kier molecular flexibility index (Phi) is 46.5. The normalized spacial score (nSPS) is 26.0. The summed E-state index contributed by atoms with van der Waals surface area (Å²) in [6, 6.07) is 25.6. The molecule has 8 fully saturated rings. The van der Waals surface area contributed by atoms with Crippen molar-refractivity contribution in [3.63, 3.8) is 0 Å². The first-order valence-corrected chi connectivity index (χ1v) is 58.4. The highest BCUT2D eigenvalue weighted by Crippen LogP contribution is 2.46. The van der Waals surface area contributed by atoms with Gasteiger partial charge in [0.1, 0.15) is 13.1 Å². The second-order valence-electron chi connectivity index (χ2n) is 44.7. The maximum atomic E-state index is 6.11. The Labute approximate surface area is 821 Å². The molecule has 0 unspecified atom stereocenters. The molecule has 0 saturated carbocycles. The number of nitrogens with zero attached hydrogens (tertiary/aromatic N) is 10. The van der Waals surface area contributed by atoms with Gasteiger partial charge in [0.05, 0.1) is 73.1 Å². The average molecular weight is 1840 g/mol. The van der Waals surface area contributed by atoms with Crippen molar-refractivity contribution in [1.29, 1.82) is 0 Å². The van der Waals surface area contributed by atoms with Crippen LogP contribution in [0.1, 0.15) is 444 Å². The van der Waals surface area contributed by atoms with Gasteiger partial charge in [0.25, 0.3) is 0 Å². The summed E-state index contributed by atoms with van der Waals surface area (Å²) in [4.78, 5) is 38.5. The minimum Gasteiger partial charge on any atom is -0.354 e. The van der Waals surface area contributed by atoms with Crippen molar-refractivity contribution in [2.45, 2.75) is 428 Å². The van der Waals surface area contributed by atoms with Gasteiger partial charge in [-0.25, -0.2) is 9.97 Å². The number of nitrogens with one attached hydrogen (secondary N) is 2. The van der Waals surface area contributed by atoms with E-state index in [1.54, 1.807) is 0 Å². The van der Waals surface area contributed by atoms with Gasteiger partial charge in [-0.3, -0.25) is 0 Å². The molecule has 10 aliphatic heterocycles. The Balaban J connectivity index is 0.875. The molecule has 3 aromatic heterocycles. The van der Waals surface area contributed by atoms with E-state index in [4.69, 9.17) is 9.97 Å². The van der Waals surface area contributed by atoms with Gasteiger partial charge in [0.15, 0.2) is 0 Å². The Bertz CT molecular complexity index is 4090. The second-order valence-corrected chi connectivity index (χ2v) is 44.7. The van der Waals surface area contributed by atoms with Crippen LogP contribution < -0.4 is 0 Å². The summed E-state index contributed by atoms with van der Waals surface area (Å²) in [5.41, 5.74) is 28.4. The summed E-state index contributed by atoms with van der Waals surface area (Å²) in [7, 11) is 0. The van der Waals surface area contributed by atoms with E-state index in [2.05, 4.69) is 155 Å². The summed E-state index contributed by atoms with van der Waals surface area (Å²) in [6.45, 7) is 52.7. The summed E-state index contributed by atoms with van der Waals surface area (Å²) < 4.78 is 2.47. The van der Waals surface area contributed by atoms with Gasteiger partial charge in [0, 0.05) is 33.3 Å². The fraction of sp³-hybridized carbons (Fsp3) is 0.738. The predicted octanol–water partition coefficient (Wildman–Crippen LogP) is 30.9. The maximum Gasteiger partial charge on any atom is 0.104 e. The number of aromatic amines is 2. The van der Waals surface area contributed by atoms with Crippen LogP contribution in [-0.4, -0.2) is 215 Å². The third-order valence-electron chi connectivity index (χ3n) is 33.9. The maximum absolute atomic E-state index is 6.11. The van der Waals surface area contributed by atoms with E-state index in [0.29, 0.717) is 0 Å². The lowest BCUT2D eigenvalue weighted by Crippen LogP contribution is -2.49. The minimum absolute atomic E-state index is 0.972. The first-order chi connectivity index (χ1) is 65.9. The molecule has 2 aromatic carbocycles. The Morgan fingerprint density at radius 1 is 0.254 bits per heavy atom. The highest BCUT2D eigenvalue weighted by Gasteiger charge is 2.33. The number of aryl methyl sites for hydroxylation is 4. The number of hydrogen-bond acceptors (Lipinski definition) is 8. The molecule has 10 aliphatic rings. The molecule has 13 heterocycles. The molecule has 746 valence electrons. The second kappa shape index (κ2) is 58.8. The van der Waals surface area contributed by atoms with Crippen LogP contribution in [-0.2, 0) is 25.9 Å². The van der Waals surface area contributed by atoms with E-state index in [9.17, 15) is 0 Å². The molecule has 0 aliphatic carbocycles. The lowest BCUT2D eigenvalue weighted by Gasteiger charge is -2.40. The summed E-state index contributed by atoms with van der Waals surface area (Å²) in [5.74, 6) is 0. The van der Waals surface area contributed by atoms with Crippen LogP contribution in [0.2, 0.25) is 0 Å². The number of benzene rings is 2. The van der Waals surface area contributed by atoms with Crippen LogP contribution in [0.5, 0.6) is 0 Å². The van der Waals surface area contributed by atoms with Crippen molar-refractivity contribution >= 4 is 44.4 Å².